The van der Waals surface area contributed by atoms with Crippen molar-refractivity contribution in [2.75, 3.05) is 33.9 Å². The number of hydrogen-bond acceptors (Lipinski definition) is 3. The molecule has 1 aliphatic rings. The second-order valence-electron chi connectivity index (χ2n) is 5.38. The van der Waals surface area contributed by atoms with Crippen molar-refractivity contribution in [3.05, 3.63) is 0 Å². The zero-order chi connectivity index (χ0) is 12.0. The van der Waals surface area contributed by atoms with E-state index in [1.165, 1.54) is 32.1 Å². The fourth-order valence-electron chi connectivity index (χ4n) is 2.77. The lowest BCUT2D eigenvalue weighted by Crippen LogP contribution is -2.52. The van der Waals surface area contributed by atoms with Gasteiger partial charge < -0.3 is 10.5 Å². The Morgan fingerprint density at radius 1 is 1.38 bits per heavy atom. The van der Waals surface area contributed by atoms with Crippen molar-refractivity contribution in [3.63, 3.8) is 0 Å². The Hall–Kier alpha value is -0.120. The standard InChI is InChI=1S/C13H28N2O/c1-12-5-4-7-13(11-14,8-6-12)15(2)9-10-16-3/h12H,4-11,14H2,1-3H3. The molecule has 3 nitrogen and oxygen atoms in total. The molecule has 96 valence electrons. The quantitative estimate of drug-likeness (QED) is 0.730. The Bertz CT molecular complexity index is 198. The molecule has 0 heterocycles. The third-order valence-corrected chi connectivity index (χ3v) is 4.26. The summed E-state index contributed by atoms with van der Waals surface area (Å²) in [4.78, 5) is 2.43. The van der Waals surface area contributed by atoms with Crippen LogP contribution in [-0.4, -0.2) is 44.3 Å². The van der Waals surface area contributed by atoms with Gasteiger partial charge in [-0.15, -0.1) is 0 Å². The highest BCUT2D eigenvalue weighted by Crippen LogP contribution is 2.33. The van der Waals surface area contributed by atoms with Crippen LogP contribution in [0.4, 0.5) is 0 Å². The van der Waals surface area contributed by atoms with Gasteiger partial charge in [-0.1, -0.05) is 19.8 Å². The lowest BCUT2D eigenvalue weighted by Gasteiger charge is -2.41. The first kappa shape index (κ1) is 13.9. The number of ether oxygens (including phenoxy) is 1. The van der Waals surface area contributed by atoms with Crippen molar-refractivity contribution < 1.29 is 4.74 Å². The van der Waals surface area contributed by atoms with Crippen LogP contribution >= 0.6 is 0 Å². The molecule has 0 aromatic rings. The van der Waals surface area contributed by atoms with Crippen molar-refractivity contribution in [2.24, 2.45) is 11.7 Å². The van der Waals surface area contributed by atoms with E-state index in [4.69, 9.17) is 10.5 Å². The molecule has 0 amide bonds. The SMILES string of the molecule is COCCN(C)C1(CN)CCCC(C)CC1. The van der Waals surface area contributed by atoms with Crippen LogP contribution in [0.25, 0.3) is 0 Å². The van der Waals surface area contributed by atoms with Crippen LogP contribution in [0.15, 0.2) is 0 Å². The first-order chi connectivity index (χ1) is 7.64. The zero-order valence-corrected chi connectivity index (χ0v) is 11.2. The predicted molar refractivity (Wildman–Crippen MR) is 68.5 cm³/mol. The molecule has 0 bridgehead atoms. The maximum absolute atomic E-state index is 6.04. The average Bonchev–Trinajstić information content (AvgIpc) is 2.49. The molecule has 2 unspecified atom stereocenters. The average molecular weight is 228 g/mol. The highest BCUT2D eigenvalue weighted by atomic mass is 16.5. The minimum atomic E-state index is 0.225. The topological polar surface area (TPSA) is 38.5 Å². The molecule has 1 fully saturated rings. The Morgan fingerprint density at radius 3 is 2.75 bits per heavy atom. The summed E-state index contributed by atoms with van der Waals surface area (Å²) >= 11 is 0. The normalized spacial score (nSPS) is 31.7. The maximum Gasteiger partial charge on any atom is 0.0589 e. The van der Waals surface area contributed by atoms with Gasteiger partial charge in [0.25, 0.3) is 0 Å². The molecule has 0 aromatic heterocycles. The first-order valence-electron chi connectivity index (χ1n) is 6.55. The summed E-state index contributed by atoms with van der Waals surface area (Å²) < 4.78 is 5.16. The molecule has 0 aliphatic heterocycles. The summed E-state index contributed by atoms with van der Waals surface area (Å²) in [5.74, 6) is 0.865. The Kier molecular flexibility index (Phi) is 5.73. The Morgan fingerprint density at radius 2 is 2.12 bits per heavy atom. The minimum Gasteiger partial charge on any atom is -0.383 e. The third kappa shape index (κ3) is 3.44. The van der Waals surface area contributed by atoms with E-state index in [2.05, 4.69) is 18.9 Å². The molecule has 2 atom stereocenters. The van der Waals surface area contributed by atoms with Crippen LogP contribution in [-0.2, 0) is 4.74 Å². The van der Waals surface area contributed by atoms with Crippen LogP contribution < -0.4 is 5.73 Å². The van der Waals surface area contributed by atoms with Crippen molar-refractivity contribution in [1.82, 2.24) is 4.90 Å². The Balaban J connectivity index is 2.59. The van der Waals surface area contributed by atoms with Crippen LogP contribution in [0.5, 0.6) is 0 Å². The van der Waals surface area contributed by atoms with Gasteiger partial charge in [0, 0.05) is 25.7 Å². The molecule has 2 N–H and O–H groups in total. The second-order valence-corrected chi connectivity index (χ2v) is 5.38. The van der Waals surface area contributed by atoms with E-state index in [-0.39, 0.29) is 5.54 Å². The van der Waals surface area contributed by atoms with Crippen molar-refractivity contribution >= 4 is 0 Å². The molecule has 1 saturated carbocycles. The monoisotopic (exact) mass is 228 g/mol. The van der Waals surface area contributed by atoms with Crippen molar-refractivity contribution in [1.29, 1.82) is 0 Å². The smallest absolute Gasteiger partial charge is 0.0589 e. The van der Waals surface area contributed by atoms with Crippen LogP contribution in [0, 0.1) is 5.92 Å². The van der Waals surface area contributed by atoms with Crippen LogP contribution in [0.1, 0.15) is 39.0 Å². The molecular weight excluding hydrogens is 200 g/mol. The molecule has 3 heteroatoms. The van der Waals surface area contributed by atoms with E-state index in [1.807, 2.05) is 0 Å². The largest absolute Gasteiger partial charge is 0.383 e. The molecule has 0 spiro atoms. The molecule has 16 heavy (non-hydrogen) atoms. The molecule has 0 aromatic carbocycles. The van der Waals surface area contributed by atoms with Crippen molar-refractivity contribution in [3.8, 4) is 0 Å². The molecule has 1 rings (SSSR count). The van der Waals surface area contributed by atoms with E-state index < -0.39 is 0 Å². The predicted octanol–water partition coefficient (Wildman–Crippen LogP) is 1.86. The van der Waals surface area contributed by atoms with Crippen LogP contribution in [0.3, 0.4) is 0 Å². The van der Waals surface area contributed by atoms with E-state index in [9.17, 15) is 0 Å². The number of methoxy groups -OCH3 is 1. The third-order valence-electron chi connectivity index (χ3n) is 4.26. The number of nitrogens with two attached hydrogens (primary N) is 1. The van der Waals surface area contributed by atoms with Gasteiger partial charge >= 0.3 is 0 Å². The summed E-state index contributed by atoms with van der Waals surface area (Å²) in [6.45, 7) is 4.93. The zero-order valence-electron chi connectivity index (χ0n) is 11.2. The fourth-order valence-corrected chi connectivity index (χ4v) is 2.77. The lowest BCUT2D eigenvalue weighted by atomic mass is 9.88. The van der Waals surface area contributed by atoms with Gasteiger partial charge in [0.1, 0.15) is 0 Å². The Labute approximate surface area is 100 Å². The highest BCUT2D eigenvalue weighted by Gasteiger charge is 2.34. The lowest BCUT2D eigenvalue weighted by molar-refractivity contribution is 0.0710. The van der Waals surface area contributed by atoms with Gasteiger partial charge in [-0.2, -0.15) is 0 Å². The van der Waals surface area contributed by atoms with Gasteiger partial charge in [0.05, 0.1) is 6.61 Å². The number of rotatable bonds is 5. The van der Waals surface area contributed by atoms with Gasteiger partial charge in [-0.3, -0.25) is 4.90 Å². The number of hydrogen-bond donors (Lipinski definition) is 1. The summed E-state index contributed by atoms with van der Waals surface area (Å²) in [6, 6.07) is 0. The highest BCUT2D eigenvalue weighted by molar-refractivity contribution is 4.92. The molecule has 0 saturated heterocycles. The second kappa shape index (κ2) is 6.58. The molecular formula is C13H28N2O. The van der Waals surface area contributed by atoms with E-state index in [1.54, 1.807) is 7.11 Å². The fraction of sp³-hybridized carbons (Fsp3) is 1.00. The van der Waals surface area contributed by atoms with E-state index >= 15 is 0 Å². The van der Waals surface area contributed by atoms with Gasteiger partial charge in [-0.25, -0.2) is 0 Å². The minimum absolute atomic E-state index is 0.225. The van der Waals surface area contributed by atoms with Gasteiger partial charge in [-0.05, 0) is 32.2 Å². The van der Waals surface area contributed by atoms with Gasteiger partial charge in [0.2, 0.25) is 0 Å². The number of likely N-dealkylation sites (N-methyl/N-ethyl adjacent to an activating group) is 1. The molecule has 0 radical (unpaired) electrons. The summed E-state index contributed by atoms with van der Waals surface area (Å²) in [6.07, 6.45) is 6.48. The van der Waals surface area contributed by atoms with E-state index in [0.29, 0.717) is 0 Å². The molecule has 1 aliphatic carbocycles. The maximum atomic E-state index is 6.04. The first-order valence-corrected chi connectivity index (χ1v) is 6.55. The summed E-state index contributed by atoms with van der Waals surface area (Å²) in [7, 11) is 3.96. The number of nitrogens with zero attached hydrogens (tertiary/aromatic N) is 1. The summed E-state index contributed by atoms with van der Waals surface area (Å²) in [5, 5.41) is 0. The van der Waals surface area contributed by atoms with E-state index in [0.717, 1.165) is 25.6 Å². The van der Waals surface area contributed by atoms with Gasteiger partial charge in [0.15, 0.2) is 0 Å². The summed E-state index contributed by atoms with van der Waals surface area (Å²) in [5.41, 5.74) is 6.27. The van der Waals surface area contributed by atoms with Crippen molar-refractivity contribution in [2.45, 2.75) is 44.6 Å². The van der Waals surface area contributed by atoms with Crippen LogP contribution in [0.2, 0.25) is 0 Å².